The molecule has 13 heteroatoms. The van der Waals surface area contributed by atoms with Crippen molar-refractivity contribution in [3.63, 3.8) is 0 Å². The molecule has 4 aromatic heterocycles. The number of amides is 1. The summed E-state index contributed by atoms with van der Waals surface area (Å²) in [5, 5.41) is 20.5. The first kappa shape index (κ1) is 23.0. The lowest BCUT2D eigenvalue weighted by atomic mass is 9.80. The molecule has 37 heavy (non-hydrogen) atoms. The van der Waals surface area contributed by atoms with Crippen LogP contribution < -0.4 is 10.1 Å². The Morgan fingerprint density at radius 3 is 2.81 bits per heavy atom. The summed E-state index contributed by atoms with van der Waals surface area (Å²) in [6.07, 6.45) is 8.83. The van der Waals surface area contributed by atoms with Gasteiger partial charge < -0.3 is 10.1 Å². The zero-order valence-electron chi connectivity index (χ0n) is 19.4. The molecule has 0 saturated heterocycles. The highest BCUT2D eigenvalue weighted by Gasteiger charge is 2.48. The Morgan fingerprint density at radius 1 is 1.27 bits per heavy atom. The lowest BCUT2D eigenvalue weighted by Gasteiger charge is -2.24. The minimum absolute atomic E-state index is 0.138. The van der Waals surface area contributed by atoms with Crippen LogP contribution in [0.25, 0.3) is 5.65 Å². The van der Waals surface area contributed by atoms with Crippen LogP contribution in [0.3, 0.4) is 0 Å². The molecule has 2 aliphatic rings. The Labute approximate surface area is 207 Å². The molecule has 10 nitrogen and oxygen atoms in total. The third-order valence-electron chi connectivity index (χ3n) is 6.91. The van der Waals surface area contributed by atoms with E-state index in [2.05, 4.69) is 30.2 Å². The second kappa shape index (κ2) is 8.29. The van der Waals surface area contributed by atoms with Gasteiger partial charge in [-0.15, -0.1) is 5.10 Å². The topological polar surface area (TPSA) is 123 Å². The summed E-state index contributed by atoms with van der Waals surface area (Å²) in [7, 11) is 0. The Kier molecular flexibility index (Phi) is 5.15. The van der Waals surface area contributed by atoms with Crippen LogP contribution in [0.5, 0.6) is 5.88 Å². The predicted molar refractivity (Wildman–Crippen MR) is 121 cm³/mol. The number of ether oxygens (including phenoxy) is 1. The van der Waals surface area contributed by atoms with Crippen molar-refractivity contribution in [2.45, 2.75) is 50.2 Å². The molecule has 0 radical (unpaired) electrons. The summed E-state index contributed by atoms with van der Waals surface area (Å²) < 4.78 is 46.9. The van der Waals surface area contributed by atoms with Crippen LogP contribution in [0.1, 0.15) is 60.5 Å². The van der Waals surface area contributed by atoms with E-state index in [4.69, 9.17) is 0 Å². The van der Waals surface area contributed by atoms with Crippen molar-refractivity contribution in [2.24, 2.45) is 0 Å². The summed E-state index contributed by atoms with van der Waals surface area (Å²) in [6, 6.07) is 4.52. The van der Waals surface area contributed by atoms with Gasteiger partial charge in [-0.05, 0) is 32.3 Å². The Morgan fingerprint density at radius 2 is 2.08 bits per heavy atom. The number of anilines is 1. The summed E-state index contributed by atoms with van der Waals surface area (Å²) in [4.78, 5) is 21.5. The maximum atomic E-state index is 14.1. The minimum Gasteiger partial charge on any atom is -0.415 e. The first-order chi connectivity index (χ1) is 17.8. The SMILES string of the molecule is C[C@]1(c2cnn(C3CC3)c2)C[C@H](C(=O)Nc2cnc(OC(F)F)c(C#N)c2)c2cnc3cc(F)nn3c21. The van der Waals surface area contributed by atoms with Gasteiger partial charge in [-0.2, -0.15) is 23.5 Å². The highest BCUT2D eigenvalue weighted by atomic mass is 19.3. The zero-order valence-corrected chi connectivity index (χ0v) is 19.4. The monoisotopic (exact) mass is 508 g/mol. The normalized spacial score (nSPS) is 20.7. The van der Waals surface area contributed by atoms with E-state index in [1.165, 1.54) is 16.6 Å². The molecule has 1 fully saturated rings. The van der Waals surface area contributed by atoms with Crippen molar-refractivity contribution in [2.75, 3.05) is 5.32 Å². The smallest absolute Gasteiger partial charge is 0.388 e. The van der Waals surface area contributed by atoms with E-state index >= 15 is 0 Å². The van der Waals surface area contributed by atoms with E-state index in [1.807, 2.05) is 17.8 Å². The fraction of sp³-hybridized carbons (Fsp3) is 0.333. The molecule has 4 heterocycles. The number of pyridine rings is 1. The van der Waals surface area contributed by atoms with E-state index in [9.17, 15) is 23.2 Å². The summed E-state index contributed by atoms with van der Waals surface area (Å²) >= 11 is 0. The van der Waals surface area contributed by atoms with Gasteiger partial charge in [-0.25, -0.2) is 14.5 Å². The van der Waals surface area contributed by atoms with Crippen molar-refractivity contribution < 1.29 is 22.7 Å². The Balaban J connectivity index is 1.38. The maximum Gasteiger partial charge on any atom is 0.388 e. The number of fused-ring (bicyclic) bond motifs is 3. The summed E-state index contributed by atoms with van der Waals surface area (Å²) in [6.45, 7) is -1.19. The highest BCUT2D eigenvalue weighted by molar-refractivity contribution is 5.97. The molecule has 2 atom stereocenters. The van der Waals surface area contributed by atoms with Gasteiger partial charge in [0.25, 0.3) is 0 Å². The Hall–Kier alpha value is -4.47. The molecule has 1 N–H and O–H groups in total. The molecule has 0 aromatic carbocycles. The van der Waals surface area contributed by atoms with Gasteiger partial charge in [0.1, 0.15) is 11.6 Å². The van der Waals surface area contributed by atoms with Crippen LogP contribution in [0.2, 0.25) is 0 Å². The third kappa shape index (κ3) is 3.85. The minimum atomic E-state index is -3.14. The molecule has 0 aliphatic heterocycles. The third-order valence-corrected chi connectivity index (χ3v) is 6.91. The first-order valence-corrected chi connectivity index (χ1v) is 11.5. The molecule has 0 unspecified atom stereocenters. The lowest BCUT2D eigenvalue weighted by molar-refractivity contribution is -0.117. The fourth-order valence-corrected chi connectivity index (χ4v) is 5.00. The van der Waals surface area contributed by atoms with E-state index in [-0.39, 0.29) is 11.3 Å². The zero-order chi connectivity index (χ0) is 25.9. The van der Waals surface area contributed by atoms with Crippen LogP contribution in [-0.4, -0.2) is 41.9 Å². The predicted octanol–water partition coefficient (Wildman–Crippen LogP) is 3.70. The van der Waals surface area contributed by atoms with Gasteiger partial charge in [-0.3, -0.25) is 9.48 Å². The van der Waals surface area contributed by atoms with Gasteiger partial charge in [-0.1, -0.05) is 0 Å². The number of carbonyl (C=O) groups excluding carboxylic acids is 1. The lowest BCUT2D eigenvalue weighted by Crippen LogP contribution is -2.25. The average molecular weight is 508 g/mol. The van der Waals surface area contributed by atoms with Gasteiger partial charge >= 0.3 is 6.61 Å². The number of aromatic nitrogens is 6. The molecule has 0 bridgehead atoms. The summed E-state index contributed by atoms with van der Waals surface area (Å²) in [5.74, 6) is -2.36. The van der Waals surface area contributed by atoms with Gasteiger partial charge in [0.05, 0.1) is 35.7 Å². The Bertz CT molecular complexity index is 1590. The van der Waals surface area contributed by atoms with Crippen molar-refractivity contribution in [3.8, 4) is 11.9 Å². The molecular formula is C24H19F3N8O2. The van der Waals surface area contributed by atoms with Crippen molar-refractivity contribution in [1.29, 1.82) is 5.26 Å². The standard InChI is InChI=1S/C24H19F3N8O2/c1-24(13-8-31-34(11-13)15-2-3-15)6-16(17-10-29-19-5-18(25)33-35(19)20(17)24)21(36)32-14-4-12(7-28)22(30-9-14)37-23(26)27/h4-5,8-11,15-16,23H,2-3,6H2,1H3,(H,32,36)/t16-,24+/m0/s1. The molecule has 2 aliphatic carbocycles. The second-order valence-electron chi connectivity index (χ2n) is 9.38. The van der Waals surface area contributed by atoms with E-state index in [1.54, 1.807) is 18.5 Å². The van der Waals surface area contributed by atoms with Crippen molar-refractivity contribution >= 4 is 17.2 Å². The molecule has 1 saturated carbocycles. The van der Waals surface area contributed by atoms with Crippen LogP contribution in [0, 0.1) is 17.3 Å². The van der Waals surface area contributed by atoms with Gasteiger partial charge in [0, 0.05) is 35.0 Å². The van der Waals surface area contributed by atoms with E-state index in [0.29, 0.717) is 29.4 Å². The fourth-order valence-electron chi connectivity index (χ4n) is 5.00. The number of nitrogens with zero attached hydrogens (tertiary/aromatic N) is 7. The number of carbonyl (C=O) groups is 1. The van der Waals surface area contributed by atoms with E-state index in [0.717, 1.165) is 24.6 Å². The number of alkyl halides is 2. The number of rotatable bonds is 6. The van der Waals surface area contributed by atoms with Gasteiger partial charge in [0.15, 0.2) is 5.65 Å². The molecule has 0 spiro atoms. The highest BCUT2D eigenvalue weighted by Crippen LogP contribution is 2.50. The van der Waals surface area contributed by atoms with Gasteiger partial charge in [0.2, 0.25) is 17.7 Å². The summed E-state index contributed by atoms with van der Waals surface area (Å²) in [5.41, 5.74) is 1.53. The molecule has 188 valence electrons. The number of nitriles is 1. The van der Waals surface area contributed by atoms with Crippen molar-refractivity contribution in [1.82, 2.24) is 29.4 Å². The molecule has 4 aromatic rings. The number of hydrogen-bond donors (Lipinski definition) is 1. The second-order valence-corrected chi connectivity index (χ2v) is 9.38. The van der Waals surface area contributed by atoms with Crippen LogP contribution in [0.4, 0.5) is 18.9 Å². The molecule has 6 rings (SSSR count). The van der Waals surface area contributed by atoms with E-state index < -0.39 is 35.7 Å². The molecular weight excluding hydrogens is 489 g/mol. The number of hydrogen-bond acceptors (Lipinski definition) is 7. The molecule has 1 amide bonds. The van der Waals surface area contributed by atoms with Crippen LogP contribution in [-0.2, 0) is 10.2 Å². The number of nitrogens with one attached hydrogen (secondary N) is 1. The maximum absolute atomic E-state index is 14.1. The van der Waals surface area contributed by atoms with Crippen LogP contribution in [0.15, 0.2) is 36.9 Å². The average Bonchev–Trinajstić information content (AvgIpc) is 3.31. The largest absolute Gasteiger partial charge is 0.415 e. The van der Waals surface area contributed by atoms with Crippen molar-refractivity contribution in [3.05, 3.63) is 65.3 Å². The number of halogens is 3. The quantitative estimate of drug-likeness (QED) is 0.421. The first-order valence-electron chi connectivity index (χ1n) is 11.5. The van der Waals surface area contributed by atoms with Crippen LogP contribution >= 0.6 is 0 Å².